The van der Waals surface area contributed by atoms with E-state index < -0.39 is 5.60 Å². The van der Waals surface area contributed by atoms with Crippen LogP contribution in [0, 0.1) is 6.92 Å². The molecule has 3 heteroatoms. The maximum absolute atomic E-state index is 9.76. The molecule has 0 aliphatic rings. The zero-order valence-corrected chi connectivity index (χ0v) is 10.9. The van der Waals surface area contributed by atoms with E-state index in [0.29, 0.717) is 0 Å². The van der Waals surface area contributed by atoms with Crippen molar-refractivity contribution in [1.29, 1.82) is 0 Å². The van der Waals surface area contributed by atoms with E-state index in [-0.39, 0.29) is 0 Å². The molecule has 1 aromatic heterocycles. The fourth-order valence-corrected chi connectivity index (χ4v) is 2.55. The minimum Gasteiger partial charge on any atom is -0.389 e. The van der Waals surface area contributed by atoms with Crippen molar-refractivity contribution in [3.05, 3.63) is 21.9 Å². The highest BCUT2D eigenvalue weighted by Crippen LogP contribution is 2.18. The molecule has 0 atom stereocenters. The average molecular weight is 227 g/mol. The first-order valence-electron chi connectivity index (χ1n) is 5.41. The smallest absolute Gasteiger partial charge is 0.0718 e. The molecule has 0 radical (unpaired) electrons. The highest BCUT2D eigenvalue weighted by atomic mass is 32.1. The van der Waals surface area contributed by atoms with Crippen molar-refractivity contribution in [3.63, 3.8) is 0 Å². The van der Waals surface area contributed by atoms with Gasteiger partial charge in [0, 0.05) is 22.8 Å². The van der Waals surface area contributed by atoms with Crippen LogP contribution < -0.4 is 0 Å². The molecule has 1 aromatic rings. The van der Waals surface area contributed by atoms with Gasteiger partial charge in [-0.1, -0.05) is 6.92 Å². The van der Waals surface area contributed by atoms with Crippen LogP contribution in [0.15, 0.2) is 12.1 Å². The summed E-state index contributed by atoms with van der Waals surface area (Å²) >= 11 is 1.83. The SMILES string of the molecule is CCN(Cc1ccc(C)s1)CC(C)(C)O. The maximum atomic E-state index is 9.76. The van der Waals surface area contributed by atoms with E-state index in [2.05, 4.69) is 30.9 Å². The summed E-state index contributed by atoms with van der Waals surface area (Å²) < 4.78 is 0. The topological polar surface area (TPSA) is 23.5 Å². The van der Waals surface area contributed by atoms with E-state index in [9.17, 15) is 5.11 Å². The summed E-state index contributed by atoms with van der Waals surface area (Å²) in [6, 6.07) is 4.32. The van der Waals surface area contributed by atoms with Crippen LogP contribution in [0.25, 0.3) is 0 Å². The van der Waals surface area contributed by atoms with Gasteiger partial charge in [0.25, 0.3) is 0 Å². The first-order chi connectivity index (χ1) is 6.90. The van der Waals surface area contributed by atoms with Gasteiger partial charge in [-0.15, -0.1) is 11.3 Å². The first kappa shape index (κ1) is 12.7. The van der Waals surface area contributed by atoms with E-state index in [1.54, 1.807) is 0 Å². The monoisotopic (exact) mass is 227 g/mol. The van der Waals surface area contributed by atoms with Crippen LogP contribution in [0.1, 0.15) is 30.5 Å². The lowest BCUT2D eigenvalue weighted by Crippen LogP contribution is -2.37. The number of rotatable bonds is 5. The Bertz CT molecular complexity index is 301. The lowest BCUT2D eigenvalue weighted by Gasteiger charge is -2.27. The number of nitrogens with zero attached hydrogens (tertiary/aromatic N) is 1. The van der Waals surface area contributed by atoms with Crippen LogP contribution in [0.5, 0.6) is 0 Å². The number of hydrogen-bond donors (Lipinski definition) is 1. The Morgan fingerprint density at radius 3 is 2.47 bits per heavy atom. The molecule has 1 N–H and O–H groups in total. The molecule has 0 saturated heterocycles. The van der Waals surface area contributed by atoms with Crippen LogP contribution in [0.4, 0.5) is 0 Å². The molecule has 0 aliphatic carbocycles. The van der Waals surface area contributed by atoms with Gasteiger partial charge in [-0.2, -0.15) is 0 Å². The lowest BCUT2D eigenvalue weighted by atomic mass is 10.1. The van der Waals surface area contributed by atoms with Crippen LogP contribution in [-0.2, 0) is 6.54 Å². The molecule has 1 heterocycles. The van der Waals surface area contributed by atoms with Crippen molar-refractivity contribution in [2.45, 2.75) is 39.8 Å². The Morgan fingerprint density at radius 1 is 1.40 bits per heavy atom. The van der Waals surface area contributed by atoms with Crippen LogP contribution >= 0.6 is 11.3 Å². The Balaban J connectivity index is 2.54. The molecular formula is C12H21NOS. The van der Waals surface area contributed by atoms with Gasteiger partial charge in [0.15, 0.2) is 0 Å². The second-order valence-corrected chi connectivity index (χ2v) is 6.00. The molecule has 1 rings (SSSR count). The van der Waals surface area contributed by atoms with E-state index in [1.807, 2.05) is 25.2 Å². The Morgan fingerprint density at radius 2 is 2.07 bits per heavy atom. The van der Waals surface area contributed by atoms with Crippen molar-refractivity contribution in [2.24, 2.45) is 0 Å². The Labute approximate surface area is 96.5 Å². The van der Waals surface area contributed by atoms with Gasteiger partial charge in [0.1, 0.15) is 0 Å². The molecule has 0 fully saturated rings. The number of aliphatic hydroxyl groups is 1. The molecule has 0 amide bonds. The van der Waals surface area contributed by atoms with Crippen molar-refractivity contribution in [2.75, 3.05) is 13.1 Å². The van der Waals surface area contributed by atoms with Crippen molar-refractivity contribution in [3.8, 4) is 0 Å². The van der Waals surface area contributed by atoms with Crippen molar-refractivity contribution < 1.29 is 5.11 Å². The Hall–Kier alpha value is -0.380. The third kappa shape index (κ3) is 4.78. The van der Waals surface area contributed by atoms with Gasteiger partial charge in [0.05, 0.1) is 5.60 Å². The molecule has 0 unspecified atom stereocenters. The highest BCUT2D eigenvalue weighted by Gasteiger charge is 2.17. The normalized spacial score (nSPS) is 12.4. The Kier molecular flexibility index (Phi) is 4.32. The molecule has 15 heavy (non-hydrogen) atoms. The summed E-state index contributed by atoms with van der Waals surface area (Å²) in [6.45, 7) is 10.6. The molecule has 2 nitrogen and oxygen atoms in total. The van der Waals surface area contributed by atoms with Crippen LogP contribution in [0.2, 0.25) is 0 Å². The van der Waals surface area contributed by atoms with Crippen LogP contribution in [-0.4, -0.2) is 28.7 Å². The molecule has 86 valence electrons. The molecule has 0 bridgehead atoms. The predicted octanol–water partition coefficient (Wildman–Crippen LogP) is 2.65. The van der Waals surface area contributed by atoms with Crippen LogP contribution in [0.3, 0.4) is 0 Å². The highest BCUT2D eigenvalue weighted by molar-refractivity contribution is 7.11. The van der Waals surface area contributed by atoms with Gasteiger partial charge in [0.2, 0.25) is 0 Å². The maximum Gasteiger partial charge on any atom is 0.0718 e. The largest absolute Gasteiger partial charge is 0.389 e. The summed E-state index contributed by atoms with van der Waals surface area (Å²) in [4.78, 5) is 4.99. The lowest BCUT2D eigenvalue weighted by molar-refractivity contribution is 0.0356. The fourth-order valence-electron chi connectivity index (χ4n) is 1.62. The molecular weight excluding hydrogens is 206 g/mol. The summed E-state index contributed by atoms with van der Waals surface area (Å²) in [7, 11) is 0. The third-order valence-corrected chi connectivity index (χ3v) is 3.22. The average Bonchev–Trinajstić information content (AvgIpc) is 2.47. The minimum atomic E-state index is -0.609. The van der Waals surface area contributed by atoms with Gasteiger partial charge in [-0.05, 0) is 39.4 Å². The summed E-state index contributed by atoms with van der Waals surface area (Å²) in [5.41, 5.74) is -0.609. The zero-order chi connectivity index (χ0) is 11.5. The summed E-state index contributed by atoms with van der Waals surface area (Å²) in [5, 5.41) is 9.76. The standard InChI is InChI=1S/C12H21NOS/c1-5-13(9-12(3,4)14)8-11-7-6-10(2)15-11/h6-7,14H,5,8-9H2,1-4H3. The molecule has 0 saturated carbocycles. The van der Waals surface area contributed by atoms with E-state index in [0.717, 1.165) is 19.6 Å². The van der Waals surface area contributed by atoms with Crippen molar-refractivity contribution in [1.82, 2.24) is 4.90 Å². The van der Waals surface area contributed by atoms with Gasteiger partial charge >= 0.3 is 0 Å². The molecule has 0 aromatic carbocycles. The third-order valence-electron chi connectivity index (χ3n) is 2.23. The number of thiophene rings is 1. The van der Waals surface area contributed by atoms with Gasteiger partial charge in [-0.25, -0.2) is 0 Å². The molecule has 0 spiro atoms. The van der Waals surface area contributed by atoms with E-state index in [4.69, 9.17) is 0 Å². The van der Waals surface area contributed by atoms with Crippen molar-refractivity contribution >= 4 is 11.3 Å². The second kappa shape index (κ2) is 5.10. The summed E-state index contributed by atoms with van der Waals surface area (Å²) in [6.07, 6.45) is 0. The van der Waals surface area contributed by atoms with E-state index in [1.165, 1.54) is 9.75 Å². The zero-order valence-electron chi connectivity index (χ0n) is 10.1. The van der Waals surface area contributed by atoms with Gasteiger partial charge < -0.3 is 5.11 Å². The number of likely N-dealkylation sites (N-methyl/N-ethyl adjacent to an activating group) is 1. The number of aryl methyl sites for hydroxylation is 1. The predicted molar refractivity (Wildman–Crippen MR) is 66.3 cm³/mol. The minimum absolute atomic E-state index is 0.609. The summed E-state index contributed by atoms with van der Waals surface area (Å²) in [5.74, 6) is 0. The molecule has 0 aliphatic heterocycles. The second-order valence-electron chi connectivity index (χ2n) is 4.63. The number of hydrogen-bond acceptors (Lipinski definition) is 3. The first-order valence-corrected chi connectivity index (χ1v) is 6.22. The van der Waals surface area contributed by atoms with E-state index >= 15 is 0 Å². The fraction of sp³-hybridized carbons (Fsp3) is 0.667. The van der Waals surface area contributed by atoms with Gasteiger partial charge in [-0.3, -0.25) is 4.90 Å². The quantitative estimate of drug-likeness (QED) is 0.836.